The number of aryl methyl sites for hydroxylation is 1. The fourth-order valence-electron chi connectivity index (χ4n) is 1.31. The molecule has 3 nitrogen and oxygen atoms in total. The highest BCUT2D eigenvalue weighted by atomic mass is 35.5. The first-order valence-electron chi connectivity index (χ1n) is 5.16. The van der Waals surface area contributed by atoms with Crippen LogP contribution < -0.4 is 5.32 Å². The zero-order valence-corrected chi connectivity index (χ0v) is 10.3. The molecule has 88 valence electrons. The molecule has 0 bridgehead atoms. The van der Waals surface area contributed by atoms with Gasteiger partial charge < -0.3 is 10.1 Å². The van der Waals surface area contributed by atoms with Gasteiger partial charge in [0.2, 0.25) is 0 Å². The minimum absolute atomic E-state index is 0.206. The molecule has 0 fully saturated rings. The largest absolute Gasteiger partial charge is 0.469 e. The first-order chi connectivity index (χ1) is 7.63. The van der Waals surface area contributed by atoms with E-state index in [0.717, 1.165) is 16.1 Å². The number of ether oxygens (including phenoxy) is 1. The molecule has 16 heavy (non-hydrogen) atoms. The highest BCUT2D eigenvalue weighted by Gasteiger charge is 2.02. The Labute approximate surface area is 101 Å². The van der Waals surface area contributed by atoms with E-state index in [1.807, 2.05) is 25.1 Å². The van der Waals surface area contributed by atoms with E-state index in [2.05, 4.69) is 10.1 Å². The maximum absolute atomic E-state index is 10.8. The van der Waals surface area contributed by atoms with Gasteiger partial charge in [0.15, 0.2) is 0 Å². The van der Waals surface area contributed by atoms with E-state index < -0.39 is 0 Å². The summed E-state index contributed by atoms with van der Waals surface area (Å²) in [6, 6.07) is 5.94. The standard InChI is InChI=1S/C12H16ClNO2/c1-9-3-4-10(11(13)7-9)8-14-6-5-12(15)16-2/h3-4,7,14H,5-6,8H2,1-2H3. The van der Waals surface area contributed by atoms with Crippen molar-refractivity contribution in [3.05, 3.63) is 34.3 Å². The van der Waals surface area contributed by atoms with Crippen LogP contribution in [0.5, 0.6) is 0 Å². The third-order valence-corrected chi connectivity index (χ3v) is 2.61. The van der Waals surface area contributed by atoms with Crippen molar-refractivity contribution in [2.75, 3.05) is 13.7 Å². The van der Waals surface area contributed by atoms with Gasteiger partial charge in [0.05, 0.1) is 13.5 Å². The molecule has 1 N–H and O–H groups in total. The maximum atomic E-state index is 10.8. The summed E-state index contributed by atoms with van der Waals surface area (Å²) in [5, 5.41) is 3.90. The lowest BCUT2D eigenvalue weighted by molar-refractivity contribution is -0.140. The van der Waals surface area contributed by atoms with Crippen molar-refractivity contribution < 1.29 is 9.53 Å². The fraction of sp³-hybridized carbons (Fsp3) is 0.417. The molecule has 0 amide bonds. The quantitative estimate of drug-likeness (QED) is 0.635. The highest BCUT2D eigenvalue weighted by molar-refractivity contribution is 6.31. The van der Waals surface area contributed by atoms with Crippen molar-refractivity contribution in [1.29, 1.82) is 0 Å². The molecule has 0 atom stereocenters. The lowest BCUT2D eigenvalue weighted by atomic mass is 10.1. The SMILES string of the molecule is COC(=O)CCNCc1ccc(C)cc1Cl. The molecule has 0 aromatic heterocycles. The van der Waals surface area contributed by atoms with Gasteiger partial charge in [-0.15, -0.1) is 0 Å². The molecular formula is C12H16ClNO2. The fourth-order valence-corrected chi connectivity index (χ4v) is 1.61. The summed E-state index contributed by atoms with van der Waals surface area (Å²) >= 11 is 6.07. The molecule has 0 radical (unpaired) electrons. The van der Waals surface area contributed by atoms with E-state index in [1.165, 1.54) is 7.11 Å². The van der Waals surface area contributed by atoms with Crippen LogP contribution in [0.3, 0.4) is 0 Å². The van der Waals surface area contributed by atoms with Crippen molar-refractivity contribution in [3.8, 4) is 0 Å². The number of hydrogen-bond donors (Lipinski definition) is 1. The Hall–Kier alpha value is -1.06. The zero-order valence-electron chi connectivity index (χ0n) is 9.55. The van der Waals surface area contributed by atoms with Gasteiger partial charge in [-0.2, -0.15) is 0 Å². The second kappa shape index (κ2) is 6.51. The summed E-state index contributed by atoms with van der Waals surface area (Å²) in [5.41, 5.74) is 2.18. The van der Waals surface area contributed by atoms with Crippen LogP contribution in [0.1, 0.15) is 17.5 Å². The van der Waals surface area contributed by atoms with Crippen LogP contribution in [0.2, 0.25) is 5.02 Å². The monoisotopic (exact) mass is 241 g/mol. The number of nitrogens with one attached hydrogen (secondary N) is 1. The first kappa shape index (κ1) is 13.0. The van der Waals surface area contributed by atoms with Crippen LogP contribution in [0, 0.1) is 6.92 Å². The van der Waals surface area contributed by atoms with Gasteiger partial charge in [0, 0.05) is 18.1 Å². The summed E-state index contributed by atoms with van der Waals surface area (Å²) in [7, 11) is 1.39. The molecule has 0 heterocycles. The molecule has 1 aromatic carbocycles. The smallest absolute Gasteiger partial charge is 0.306 e. The van der Waals surface area contributed by atoms with Crippen molar-refractivity contribution >= 4 is 17.6 Å². The summed E-state index contributed by atoms with van der Waals surface area (Å²) in [4.78, 5) is 10.8. The summed E-state index contributed by atoms with van der Waals surface area (Å²) in [6.07, 6.45) is 0.375. The van der Waals surface area contributed by atoms with Gasteiger partial charge in [-0.1, -0.05) is 23.7 Å². The average molecular weight is 242 g/mol. The predicted octanol–water partition coefficient (Wildman–Crippen LogP) is 2.30. The van der Waals surface area contributed by atoms with Crippen LogP contribution in [-0.2, 0) is 16.1 Å². The summed E-state index contributed by atoms with van der Waals surface area (Å²) in [6.45, 7) is 3.26. The van der Waals surface area contributed by atoms with Gasteiger partial charge in [-0.3, -0.25) is 4.79 Å². The van der Waals surface area contributed by atoms with E-state index in [-0.39, 0.29) is 5.97 Å². The van der Waals surface area contributed by atoms with Crippen molar-refractivity contribution in [2.24, 2.45) is 0 Å². The van der Waals surface area contributed by atoms with E-state index in [1.54, 1.807) is 0 Å². The van der Waals surface area contributed by atoms with E-state index in [0.29, 0.717) is 19.5 Å². The van der Waals surface area contributed by atoms with Crippen LogP contribution >= 0.6 is 11.6 Å². The Morgan fingerprint density at radius 2 is 2.25 bits per heavy atom. The number of carbonyl (C=O) groups excluding carboxylic acids is 1. The number of hydrogen-bond acceptors (Lipinski definition) is 3. The van der Waals surface area contributed by atoms with Crippen LogP contribution in [0.4, 0.5) is 0 Å². The maximum Gasteiger partial charge on any atom is 0.306 e. The first-order valence-corrected chi connectivity index (χ1v) is 5.54. The topological polar surface area (TPSA) is 38.3 Å². The number of rotatable bonds is 5. The van der Waals surface area contributed by atoms with Gasteiger partial charge in [0.1, 0.15) is 0 Å². The van der Waals surface area contributed by atoms with Crippen LogP contribution in [-0.4, -0.2) is 19.6 Å². The normalized spacial score (nSPS) is 10.2. The number of methoxy groups -OCH3 is 1. The lowest BCUT2D eigenvalue weighted by Gasteiger charge is -2.06. The molecule has 1 aromatic rings. The summed E-state index contributed by atoms with van der Waals surface area (Å²) < 4.78 is 4.54. The Morgan fingerprint density at radius 3 is 2.88 bits per heavy atom. The lowest BCUT2D eigenvalue weighted by Crippen LogP contribution is -2.18. The number of benzene rings is 1. The van der Waals surface area contributed by atoms with Crippen LogP contribution in [0.15, 0.2) is 18.2 Å². The van der Waals surface area contributed by atoms with E-state index in [4.69, 9.17) is 11.6 Å². The molecule has 0 saturated carbocycles. The van der Waals surface area contributed by atoms with E-state index >= 15 is 0 Å². The second-order valence-electron chi connectivity index (χ2n) is 3.60. The molecule has 4 heteroatoms. The number of esters is 1. The average Bonchev–Trinajstić information content (AvgIpc) is 2.26. The van der Waals surface area contributed by atoms with Gasteiger partial charge in [0.25, 0.3) is 0 Å². The third kappa shape index (κ3) is 4.21. The minimum atomic E-state index is -0.206. The van der Waals surface area contributed by atoms with Gasteiger partial charge in [-0.05, 0) is 24.1 Å². The Balaban J connectivity index is 2.35. The molecule has 0 aliphatic carbocycles. The molecule has 0 saturated heterocycles. The molecule has 0 aliphatic heterocycles. The molecule has 1 rings (SSSR count). The zero-order chi connectivity index (χ0) is 12.0. The predicted molar refractivity (Wildman–Crippen MR) is 64.5 cm³/mol. The highest BCUT2D eigenvalue weighted by Crippen LogP contribution is 2.17. The van der Waals surface area contributed by atoms with Crippen molar-refractivity contribution in [2.45, 2.75) is 19.9 Å². The third-order valence-electron chi connectivity index (χ3n) is 2.26. The van der Waals surface area contributed by atoms with Crippen molar-refractivity contribution in [3.63, 3.8) is 0 Å². The summed E-state index contributed by atoms with van der Waals surface area (Å²) in [5.74, 6) is -0.206. The van der Waals surface area contributed by atoms with Gasteiger partial charge >= 0.3 is 5.97 Å². The number of carbonyl (C=O) groups is 1. The van der Waals surface area contributed by atoms with Crippen LogP contribution in [0.25, 0.3) is 0 Å². The second-order valence-corrected chi connectivity index (χ2v) is 4.00. The Kier molecular flexibility index (Phi) is 5.29. The minimum Gasteiger partial charge on any atom is -0.469 e. The molecule has 0 aliphatic rings. The molecule has 0 spiro atoms. The molecule has 0 unspecified atom stereocenters. The Morgan fingerprint density at radius 1 is 1.50 bits per heavy atom. The number of halogens is 1. The Bertz CT molecular complexity index is 366. The molecular weight excluding hydrogens is 226 g/mol. The van der Waals surface area contributed by atoms with Gasteiger partial charge in [-0.25, -0.2) is 0 Å². The van der Waals surface area contributed by atoms with E-state index in [9.17, 15) is 4.79 Å². The van der Waals surface area contributed by atoms with Crippen molar-refractivity contribution in [1.82, 2.24) is 5.32 Å².